The molecule has 0 fully saturated rings. The maximum Gasteiger partial charge on any atom is 0.0897 e. The summed E-state index contributed by atoms with van der Waals surface area (Å²) in [6, 6.07) is 0. The minimum absolute atomic E-state index is 0.331. The van der Waals surface area contributed by atoms with E-state index >= 15 is 0 Å². The third kappa shape index (κ3) is 6.70. The predicted octanol–water partition coefficient (Wildman–Crippen LogP) is -0.195. The van der Waals surface area contributed by atoms with Crippen molar-refractivity contribution in [3.8, 4) is 0 Å². The molecule has 1 aromatic heterocycles. The molecule has 18 heavy (non-hydrogen) atoms. The first kappa shape index (κ1) is 15.1. The van der Waals surface area contributed by atoms with Gasteiger partial charge in [-0.05, 0) is 12.5 Å². The lowest BCUT2D eigenvalue weighted by molar-refractivity contribution is 0.0138. The first-order valence-corrected chi connectivity index (χ1v) is 6.17. The van der Waals surface area contributed by atoms with E-state index in [9.17, 15) is 5.11 Å². The molecule has 1 aromatic rings. The molecule has 1 atom stereocenters. The summed E-state index contributed by atoms with van der Waals surface area (Å²) in [6.07, 6.45) is 3.34. The number of nitrogens with one attached hydrogen (secondary N) is 1. The van der Waals surface area contributed by atoms with E-state index in [1.54, 1.807) is 7.11 Å². The molecule has 6 nitrogen and oxygen atoms in total. The summed E-state index contributed by atoms with van der Waals surface area (Å²) in [7, 11) is 1.62. The van der Waals surface area contributed by atoms with Crippen molar-refractivity contribution in [1.82, 2.24) is 15.1 Å². The summed E-state index contributed by atoms with van der Waals surface area (Å²) >= 11 is 0. The Kier molecular flexibility index (Phi) is 7.59. The van der Waals surface area contributed by atoms with Crippen LogP contribution in [-0.2, 0) is 16.0 Å². The second kappa shape index (κ2) is 9.04. The lowest BCUT2D eigenvalue weighted by atomic mass is 10.4. The number of hydrogen-bond acceptors (Lipinski definition) is 5. The molecule has 0 aliphatic heterocycles. The summed E-state index contributed by atoms with van der Waals surface area (Å²) in [4.78, 5) is 0. The Morgan fingerprint density at radius 2 is 2.33 bits per heavy atom. The van der Waals surface area contributed by atoms with Crippen LogP contribution in [0, 0.1) is 6.92 Å². The van der Waals surface area contributed by atoms with Gasteiger partial charge in [-0.25, -0.2) is 0 Å². The number of methoxy groups -OCH3 is 1. The van der Waals surface area contributed by atoms with Gasteiger partial charge in [-0.3, -0.25) is 4.68 Å². The topological polar surface area (TPSA) is 68.5 Å². The van der Waals surface area contributed by atoms with Crippen LogP contribution in [-0.4, -0.2) is 61.0 Å². The summed E-state index contributed by atoms with van der Waals surface area (Å²) in [5.74, 6) is 0. The number of ether oxygens (including phenoxy) is 2. The molecule has 0 spiro atoms. The van der Waals surface area contributed by atoms with Gasteiger partial charge in [0, 0.05) is 26.4 Å². The highest BCUT2D eigenvalue weighted by Crippen LogP contribution is 1.93. The van der Waals surface area contributed by atoms with Crippen LogP contribution in [0.25, 0.3) is 0 Å². The molecule has 0 aromatic carbocycles. The van der Waals surface area contributed by atoms with Crippen LogP contribution in [0.2, 0.25) is 0 Å². The number of aliphatic hydroxyl groups excluding tert-OH is 1. The molecule has 0 aliphatic rings. The number of aromatic nitrogens is 2. The van der Waals surface area contributed by atoms with E-state index in [-0.39, 0.29) is 0 Å². The maximum absolute atomic E-state index is 9.60. The summed E-state index contributed by atoms with van der Waals surface area (Å²) < 4.78 is 11.9. The normalized spacial score (nSPS) is 12.8. The molecule has 0 bridgehead atoms. The Labute approximate surface area is 108 Å². The smallest absolute Gasteiger partial charge is 0.0897 e. The molecular formula is C12H23N3O3. The Morgan fingerprint density at radius 3 is 3.00 bits per heavy atom. The van der Waals surface area contributed by atoms with E-state index in [0.717, 1.165) is 18.7 Å². The summed E-state index contributed by atoms with van der Waals surface area (Å²) in [5.41, 5.74) is 1.15. The largest absolute Gasteiger partial charge is 0.389 e. The minimum atomic E-state index is -0.485. The van der Waals surface area contributed by atoms with Crippen molar-refractivity contribution in [2.24, 2.45) is 0 Å². The predicted molar refractivity (Wildman–Crippen MR) is 68.5 cm³/mol. The molecule has 0 radical (unpaired) electrons. The van der Waals surface area contributed by atoms with Gasteiger partial charge in [0.25, 0.3) is 0 Å². The van der Waals surface area contributed by atoms with Crippen molar-refractivity contribution < 1.29 is 14.6 Å². The SMILES string of the molecule is COCCOCC(O)CNCCn1cc(C)cn1. The van der Waals surface area contributed by atoms with Gasteiger partial charge < -0.3 is 19.9 Å². The zero-order chi connectivity index (χ0) is 13.2. The summed E-state index contributed by atoms with van der Waals surface area (Å²) in [5, 5.41) is 16.9. The quantitative estimate of drug-likeness (QED) is 0.568. The fourth-order valence-corrected chi connectivity index (χ4v) is 1.47. The molecular weight excluding hydrogens is 234 g/mol. The van der Waals surface area contributed by atoms with Crippen LogP contribution in [0.15, 0.2) is 12.4 Å². The van der Waals surface area contributed by atoms with Gasteiger partial charge in [0.05, 0.1) is 38.7 Å². The second-order valence-electron chi connectivity index (χ2n) is 4.21. The zero-order valence-electron chi connectivity index (χ0n) is 11.1. The highest BCUT2D eigenvalue weighted by molar-refractivity contribution is 4.99. The Bertz CT molecular complexity index is 317. The van der Waals surface area contributed by atoms with Crippen LogP contribution < -0.4 is 5.32 Å². The maximum atomic E-state index is 9.60. The van der Waals surface area contributed by atoms with Crippen molar-refractivity contribution in [2.75, 3.05) is 40.0 Å². The monoisotopic (exact) mass is 257 g/mol. The standard InChI is InChI=1S/C12H23N3O3/c1-11-7-14-15(9-11)4-3-13-8-12(16)10-18-6-5-17-2/h7,9,12-13,16H,3-6,8,10H2,1-2H3. The van der Waals surface area contributed by atoms with E-state index in [1.165, 1.54) is 0 Å². The van der Waals surface area contributed by atoms with Crippen LogP contribution in [0.3, 0.4) is 0 Å². The third-order valence-corrected chi connectivity index (χ3v) is 2.40. The van der Waals surface area contributed by atoms with E-state index in [4.69, 9.17) is 9.47 Å². The Morgan fingerprint density at radius 1 is 1.50 bits per heavy atom. The van der Waals surface area contributed by atoms with Crippen molar-refractivity contribution in [3.63, 3.8) is 0 Å². The zero-order valence-corrected chi connectivity index (χ0v) is 11.1. The Balaban J connectivity index is 1.96. The number of nitrogens with zero attached hydrogens (tertiary/aromatic N) is 2. The van der Waals surface area contributed by atoms with Gasteiger partial charge in [0.1, 0.15) is 0 Å². The molecule has 2 N–H and O–H groups in total. The molecule has 104 valence electrons. The number of aliphatic hydroxyl groups is 1. The molecule has 6 heteroatoms. The molecule has 0 aliphatic carbocycles. The average Bonchev–Trinajstić information content (AvgIpc) is 2.76. The molecule has 0 saturated carbocycles. The summed E-state index contributed by atoms with van der Waals surface area (Å²) in [6.45, 7) is 5.50. The molecule has 1 heterocycles. The highest BCUT2D eigenvalue weighted by atomic mass is 16.5. The van der Waals surface area contributed by atoms with Crippen LogP contribution >= 0.6 is 0 Å². The highest BCUT2D eigenvalue weighted by Gasteiger charge is 2.03. The van der Waals surface area contributed by atoms with Crippen molar-refractivity contribution in [2.45, 2.75) is 19.6 Å². The van der Waals surface area contributed by atoms with Gasteiger partial charge in [-0.2, -0.15) is 5.10 Å². The lowest BCUT2D eigenvalue weighted by Crippen LogP contribution is -2.32. The van der Waals surface area contributed by atoms with Gasteiger partial charge in [-0.1, -0.05) is 0 Å². The van der Waals surface area contributed by atoms with E-state index in [0.29, 0.717) is 26.4 Å². The first-order valence-electron chi connectivity index (χ1n) is 6.17. The van der Waals surface area contributed by atoms with E-state index < -0.39 is 6.10 Å². The van der Waals surface area contributed by atoms with E-state index in [2.05, 4.69) is 10.4 Å². The van der Waals surface area contributed by atoms with Gasteiger partial charge in [-0.15, -0.1) is 0 Å². The van der Waals surface area contributed by atoms with Crippen molar-refractivity contribution in [1.29, 1.82) is 0 Å². The number of hydrogen-bond donors (Lipinski definition) is 2. The molecule has 1 rings (SSSR count). The van der Waals surface area contributed by atoms with Crippen molar-refractivity contribution >= 4 is 0 Å². The first-order chi connectivity index (χ1) is 8.72. The fourth-order valence-electron chi connectivity index (χ4n) is 1.47. The number of aryl methyl sites for hydroxylation is 1. The fraction of sp³-hybridized carbons (Fsp3) is 0.750. The lowest BCUT2D eigenvalue weighted by Gasteiger charge is -2.12. The van der Waals surface area contributed by atoms with Crippen molar-refractivity contribution in [3.05, 3.63) is 18.0 Å². The molecule has 1 unspecified atom stereocenters. The Hall–Kier alpha value is -0.950. The molecule has 0 amide bonds. The van der Waals surface area contributed by atoms with Gasteiger partial charge in [0.15, 0.2) is 0 Å². The van der Waals surface area contributed by atoms with E-state index in [1.807, 2.05) is 24.0 Å². The number of rotatable bonds is 10. The average molecular weight is 257 g/mol. The van der Waals surface area contributed by atoms with Gasteiger partial charge in [0.2, 0.25) is 0 Å². The minimum Gasteiger partial charge on any atom is -0.389 e. The van der Waals surface area contributed by atoms with Crippen LogP contribution in [0.5, 0.6) is 0 Å². The third-order valence-electron chi connectivity index (χ3n) is 2.40. The second-order valence-corrected chi connectivity index (χ2v) is 4.21. The van der Waals surface area contributed by atoms with Crippen LogP contribution in [0.4, 0.5) is 0 Å². The molecule has 0 saturated heterocycles. The van der Waals surface area contributed by atoms with Crippen LogP contribution in [0.1, 0.15) is 5.56 Å². The van der Waals surface area contributed by atoms with Gasteiger partial charge >= 0.3 is 0 Å².